The Balaban J connectivity index is 1.80. The average molecular weight is 563 g/mol. The number of nitrogens with zero attached hydrogens (tertiary/aromatic N) is 2. The number of aromatic hydroxyl groups is 1. The molecule has 2 N–H and O–H groups in total. The quantitative estimate of drug-likeness (QED) is 0.297. The molecule has 4 aromatic rings. The summed E-state index contributed by atoms with van der Waals surface area (Å²) in [4.78, 5) is 11.4. The molecule has 1 unspecified atom stereocenters. The Kier molecular flexibility index (Phi) is 6.63. The number of fused-ring (bicyclic) bond motifs is 1. The summed E-state index contributed by atoms with van der Waals surface area (Å²) in [6.45, 7) is -0.774. The Morgan fingerprint density at radius 3 is 2.26 bits per heavy atom. The number of benzene rings is 3. The number of halogens is 4. The number of phenols is 1. The number of alkyl halides is 3. The molecular formula is C27H22F4N2O5S. The van der Waals surface area contributed by atoms with Crippen molar-refractivity contribution in [3.8, 4) is 22.6 Å². The number of phenolic OH excluding ortho intramolecular Hbond substituents is 1. The third-order valence-corrected chi connectivity index (χ3v) is 8.51. The van der Waals surface area contributed by atoms with E-state index >= 15 is 0 Å². The average Bonchev–Trinajstić information content (AvgIpc) is 3.25. The molecule has 0 radical (unpaired) electrons. The maximum absolute atomic E-state index is 13.8. The van der Waals surface area contributed by atoms with Crippen LogP contribution >= 0.6 is 0 Å². The van der Waals surface area contributed by atoms with Crippen molar-refractivity contribution in [2.75, 3.05) is 13.1 Å². The second-order valence-electron chi connectivity index (χ2n) is 9.27. The molecular weight excluding hydrogens is 540 g/mol. The Morgan fingerprint density at radius 2 is 1.64 bits per heavy atom. The number of carboxylic acid groups (broad SMARTS) is 1. The fourth-order valence-corrected chi connectivity index (χ4v) is 6.24. The van der Waals surface area contributed by atoms with Gasteiger partial charge in [0.1, 0.15) is 11.6 Å². The lowest BCUT2D eigenvalue weighted by Gasteiger charge is -2.33. The van der Waals surface area contributed by atoms with Crippen molar-refractivity contribution >= 4 is 26.9 Å². The summed E-state index contributed by atoms with van der Waals surface area (Å²) in [5, 5.41) is 20.6. The molecule has 1 aliphatic rings. The van der Waals surface area contributed by atoms with Crippen molar-refractivity contribution in [2.24, 2.45) is 0 Å². The van der Waals surface area contributed by atoms with Crippen LogP contribution in [0.25, 0.3) is 27.7 Å². The van der Waals surface area contributed by atoms with Gasteiger partial charge in [0.2, 0.25) is 0 Å². The molecule has 1 fully saturated rings. The highest BCUT2D eigenvalue weighted by Crippen LogP contribution is 2.46. The van der Waals surface area contributed by atoms with Crippen LogP contribution in [-0.2, 0) is 10.0 Å². The fraction of sp³-hybridized carbons (Fsp3) is 0.222. The first kappa shape index (κ1) is 26.7. The molecule has 0 spiro atoms. The zero-order valence-electron chi connectivity index (χ0n) is 20.2. The molecule has 1 aliphatic heterocycles. The summed E-state index contributed by atoms with van der Waals surface area (Å²) in [6.07, 6.45) is 0.483. The molecule has 0 saturated carbocycles. The fourth-order valence-electron chi connectivity index (χ4n) is 5.20. The molecule has 0 bridgehead atoms. The first-order valence-corrected chi connectivity index (χ1v) is 13.4. The summed E-state index contributed by atoms with van der Waals surface area (Å²) in [5.41, 5.74) is -3.24. The zero-order chi connectivity index (χ0) is 28.1. The molecule has 1 atom stereocenters. The van der Waals surface area contributed by atoms with E-state index in [9.17, 15) is 41.0 Å². The van der Waals surface area contributed by atoms with Gasteiger partial charge in [-0.25, -0.2) is 17.6 Å². The van der Waals surface area contributed by atoms with Crippen molar-refractivity contribution in [3.63, 3.8) is 0 Å². The van der Waals surface area contributed by atoms with Crippen LogP contribution in [0.2, 0.25) is 0 Å². The normalized spacial score (nSPS) is 17.0. The minimum atomic E-state index is -5.59. The standard InChI is InChI=1S/C27H22F4N2O5S/c28-19-10-12-20(13-11-19)33-21-4-1-5-22(34)24(21)23(16-6-8-17(9-7-16)26(35)36)25(33)18-3-2-14-32(15-18)39(37,38)27(29,30)31/h1,4-13,18,34H,2-3,14-15H2,(H,35,36). The molecule has 12 heteroatoms. The molecule has 5 rings (SSSR count). The van der Waals surface area contributed by atoms with Crippen molar-refractivity contribution in [1.29, 1.82) is 0 Å². The monoisotopic (exact) mass is 562 g/mol. The van der Waals surface area contributed by atoms with Crippen LogP contribution in [0.1, 0.15) is 34.8 Å². The highest BCUT2D eigenvalue weighted by molar-refractivity contribution is 7.90. The summed E-state index contributed by atoms with van der Waals surface area (Å²) in [6, 6.07) is 15.9. The van der Waals surface area contributed by atoms with Gasteiger partial charge < -0.3 is 14.8 Å². The van der Waals surface area contributed by atoms with E-state index in [1.807, 2.05) is 0 Å². The van der Waals surface area contributed by atoms with E-state index < -0.39 is 39.8 Å². The lowest BCUT2D eigenvalue weighted by atomic mass is 9.89. The molecule has 0 amide bonds. The summed E-state index contributed by atoms with van der Waals surface area (Å²) in [5.74, 6) is -2.55. The van der Waals surface area contributed by atoms with E-state index in [1.165, 1.54) is 54.6 Å². The van der Waals surface area contributed by atoms with Crippen LogP contribution in [0, 0.1) is 5.82 Å². The predicted molar refractivity (Wildman–Crippen MR) is 136 cm³/mol. The summed E-state index contributed by atoms with van der Waals surface area (Å²) < 4.78 is 80.9. The molecule has 1 saturated heterocycles. The molecule has 204 valence electrons. The number of carboxylic acids is 1. The maximum atomic E-state index is 13.8. The van der Waals surface area contributed by atoms with E-state index in [-0.39, 0.29) is 24.3 Å². The van der Waals surface area contributed by atoms with Gasteiger partial charge in [-0.15, -0.1) is 0 Å². The summed E-state index contributed by atoms with van der Waals surface area (Å²) >= 11 is 0. The van der Waals surface area contributed by atoms with E-state index in [2.05, 4.69) is 0 Å². The SMILES string of the molecule is O=C(O)c1ccc(-c2c(C3CCCN(S(=O)(=O)C(F)(F)F)C3)n(-c3ccc(F)cc3)c3cccc(O)c23)cc1. The minimum Gasteiger partial charge on any atom is -0.507 e. The van der Waals surface area contributed by atoms with Crippen LogP contribution in [0.15, 0.2) is 66.7 Å². The van der Waals surface area contributed by atoms with Gasteiger partial charge in [-0.3, -0.25) is 0 Å². The van der Waals surface area contributed by atoms with Crippen molar-refractivity contribution in [2.45, 2.75) is 24.3 Å². The number of sulfonamides is 1. The zero-order valence-corrected chi connectivity index (χ0v) is 21.0. The third kappa shape index (κ3) is 4.63. The van der Waals surface area contributed by atoms with E-state index in [0.29, 0.717) is 44.1 Å². The number of aromatic carboxylic acids is 1. The van der Waals surface area contributed by atoms with Crippen LogP contribution in [0.4, 0.5) is 17.6 Å². The molecule has 7 nitrogen and oxygen atoms in total. The topological polar surface area (TPSA) is 99.8 Å². The van der Waals surface area contributed by atoms with Gasteiger partial charge in [0.25, 0.3) is 0 Å². The first-order chi connectivity index (χ1) is 18.4. The highest BCUT2D eigenvalue weighted by atomic mass is 32.2. The van der Waals surface area contributed by atoms with Gasteiger partial charge in [0.15, 0.2) is 0 Å². The van der Waals surface area contributed by atoms with E-state index in [1.54, 1.807) is 16.7 Å². The van der Waals surface area contributed by atoms with Gasteiger partial charge in [0.05, 0.1) is 11.1 Å². The first-order valence-electron chi connectivity index (χ1n) is 11.9. The Labute approximate surface area is 220 Å². The van der Waals surface area contributed by atoms with E-state index in [4.69, 9.17) is 0 Å². The second kappa shape index (κ2) is 9.69. The second-order valence-corrected chi connectivity index (χ2v) is 11.2. The molecule has 39 heavy (non-hydrogen) atoms. The Bertz CT molecular complexity index is 1660. The van der Waals surface area contributed by atoms with E-state index in [0.717, 1.165) is 0 Å². The van der Waals surface area contributed by atoms with Gasteiger partial charge in [-0.1, -0.05) is 18.2 Å². The molecule has 0 aliphatic carbocycles. The minimum absolute atomic E-state index is 0.00640. The maximum Gasteiger partial charge on any atom is 0.511 e. The Hall–Kier alpha value is -3.90. The van der Waals surface area contributed by atoms with Gasteiger partial charge in [-0.05, 0) is 66.9 Å². The highest BCUT2D eigenvalue weighted by Gasteiger charge is 2.51. The number of piperidine rings is 1. The van der Waals surface area contributed by atoms with Gasteiger partial charge >= 0.3 is 21.5 Å². The number of rotatable bonds is 5. The molecule has 3 aromatic carbocycles. The predicted octanol–water partition coefficient (Wildman–Crippen LogP) is 5.87. The van der Waals surface area contributed by atoms with Crippen LogP contribution in [0.5, 0.6) is 5.75 Å². The largest absolute Gasteiger partial charge is 0.511 e. The smallest absolute Gasteiger partial charge is 0.507 e. The van der Waals surface area contributed by atoms with Gasteiger partial charge in [0, 0.05) is 41.3 Å². The van der Waals surface area contributed by atoms with Crippen LogP contribution in [0.3, 0.4) is 0 Å². The van der Waals surface area contributed by atoms with Crippen molar-refractivity contribution in [1.82, 2.24) is 8.87 Å². The molecule has 2 heterocycles. The number of hydrogen-bond donors (Lipinski definition) is 2. The number of hydrogen-bond acceptors (Lipinski definition) is 4. The lowest BCUT2D eigenvalue weighted by molar-refractivity contribution is -0.0495. The third-order valence-electron chi connectivity index (χ3n) is 6.92. The Morgan fingerprint density at radius 1 is 0.974 bits per heavy atom. The van der Waals surface area contributed by atoms with Crippen molar-refractivity contribution in [3.05, 3.63) is 83.8 Å². The number of carbonyl (C=O) groups is 1. The van der Waals surface area contributed by atoms with Crippen LogP contribution in [-0.4, -0.2) is 52.1 Å². The van der Waals surface area contributed by atoms with Gasteiger partial charge in [-0.2, -0.15) is 17.5 Å². The number of aromatic nitrogens is 1. The lowest BCUT2D eigenvalue weighted by Crippen LogP contribution is -2.45. The van der Waals surface area contributed by atoms with Crippen molar-refractivity contribution < 1.29 is 41.0 Å². The van der Waals surface area contributed by atoms with Crippen LogP contribution < -0.4 is 0 Å². The summed E-state index contributed by atoms with van der Waals surface area (Å²) in [7, 11) is -5.59. The molecule has 1 aromatic heterocycles.